The van der Waals surface area contributed by atoms with Crippen molar-refractivity contribution in [3.05, 3.63) is 71.3 Å². The summed E-state index contributed by atoms with van der Waals surface area (Å²) in [6, 6.07) is 18.8. The zero-order chi connectivity index (χ0) is 22.9. The summed E-state index contributed by atoms with van der Waals surface area (Å²) >= 11 is 0. The number of nitrogens with zero attached hydrogens (tertiary/aromatic N) is 2. The lowest BCUT2D eigenvalue weighted by atomic mass is 10.1. The fraction of sp³-hybridized carbons (Fsp3) is 0.481. The van der Waals surface area contributed by atoms with E-state index in [1.54, 1.807) is 7.05 Å². The molecule has 0 spiro atoms. The summed E-state index contributed by atoms with van der Waals surface area (Å²) < 4.78 is 5.95. The summed E-state index contributed by atoms with van der Waals surface area (Å²) in [6.07, 6.45) is 5.47. The van der Waals surface area contributed by atoms with E-state index in [0.29, 0.717) is 25.7 Å². The number of likely N-dealkylation sites (tertiary alicyclic amines) is 1. The third kappa shape index (κ3) is 6.57. The first-order chi connectivity index (χ1) is 16.2. The van der Waals surface area contributed by atoms with Crippen LogP contribution in [-0.4, -0.2) is 42.9 Å². The van der Waals surface area contributed by atoms with Crippen LogP contribution in [0, 0.1) is 5.92 Å². The first-order valence-electron chi connectivity index (χ1n) is 12.2. The Morgan fingerprint density at radius 3 is 2.48 bits per heavy atom. The molecule has 1 aliphatic carbocycles. The molecule has 2 aromatic rings. The molecule has 2 aromatic carbocycles. The van der Waals surface area contributed by atoms with Gasteiger partial charge >= 0.3 is 0 Å². The third-order valence-corrected chi connectivity index (χ3v) is 6.70. The van der Waals surface area contributed by atoms with Gasteiger partial charge in [0.15, 0.2) is 5.96 Å². The van der Waals surface area contributed by atoms with Gasteiger partial charge in [-0.15, -0.1) is 0 Å². The van der Waals surface area contributed by atoms with Crippen LogP contribution in [0.3, 0.4) is 0 Å². The number of carbonyl (C=O) groups is 1. The average molecular weight is 449 g/mol. The second-order valence-electron chi connectivity index (χ2n) is 9.07. The molecule has 2 fully saturated rings. The summed E-state index contributed by atoms with van der Waals surface area (Å²) in [6.45, 7) is 3.44. The molecular formula is C27H36N4O2. The summed E-state index contributed by atoms with van der Waals surface area (Å²) in [7, 11) is 1.79. The molecule has 1 amide bonds. The minimum atomic E-state index is 0.242. The summed E-state index contributed by atoms with van der Waals surface area (Å²) in [5, 5.41) is 6.95. The molecule has 2 aliphatic rings. The number of rotatable bonds is 8. The molecule has 0 radical (unpaired) electrons. The maximum absolute atomic E-state index is 12.7. The largest absolute Gasteiger partial charge is 0.372 e. The second-order valence-corrected chi connectivity index (χ2v) is 9.07. The van der Waals surface area contributed by atoms with Crippen LogP contribution in [0.5, 0.6) is 0 Å². The highest BCUT2D eigenvalue weighted by Crippen LogP contribution is 2.27. The van der Waals surface area contributed by atoms with Crippen LogP contribution < -0.4 is 10.6 Å². The number of carbonyl (C=O) groups excluding carboxylic acids is 1. The third-order valence-electron chi connectivity index (χ3n) is 6.70. The van der Waals surface area contributed by atoms with Crippen molar-refractivity contribution >= 4 is 11.9 Å². The van der Waals surface area contributed by atoms with Gasteiger partial charge in [-0.05, 0) is 36.0 Å². The number of hydrogen-bond donors (Lipinski definition) is 2. The van der Waals surface area contributed by atoms with E-state index in [0.717, 1.165) is 38.3 Å². The van der Waals surface area contributed by atoms with Crippen molar-refractivity contribution in [3.8, 4) is 0 Å². The van der Waals surface area contributed by atoms with Crippen molar-refractivity contribution < 1.29 is 9.53 Å². The van der Waals surface area contributed by atoms with Gasteiger partial charge in [-0.3, -0.25) is 9.79 Å². The van der Waals surface area contributed by atoms with Gasteiger partial charge < -0.3 is 20.3 Å². The van der Waals surface area contributed by atoms with Crippen LogP contribution in [0.1, 0.15) is 48.8 Å². The number of nitrogens with one attached hydrogen (secondary N) is 2. The van der Waals surface area contributed by atoms with Gasteiger partial charge in [0.1, 0.15) is 0 Å². The Bertz CT molecular complexity index is 925. The van der Waals surface area contributed by atoms with Crippen molar-refractivity contribution in [2.24, 2.45) is 10.9 Å². The molecule has 4 rings (SSSR count). The molecule has 0 bridgehead atoms. The summed E-state index contributed by atoms with van der Waals surface area (Å²) in [5.74, 6) is 1.38. The number of benzene rings is 2. The molecule has 176 valence electrons. The number of aliphatic imine (C=N–C) groups is 1. The number of amides is 1. The highest BCUT2D eigenvalue weighted by Gasteiger charge is 2.32. The van der Waals surface area contributed by atoms with E-state index in [1.165, 1.54) is 29.5 Å². The van der Waals surface area contributed by atoms with E-state index in [4.69, 9.17) is 4.74 Å². The predicted molar refractivity (Wildman–Crippen MR) is 132 cm³/mol. The molecule has 1 unspecified atom stereocenters. The predicted octanol–water partition coefficient (Wildman–Crippen LogP) is 3.86. The summed E-state index contributed by atoms with van der Waals surface area (Å²) in [5.41, 5.74) is 3.54. The van der Waals surface area contributed by atoms with Crippen LogP contribution in [-0.2, 0) is 29.3 Å². The van der Waals surface area contributed by atoms with Crippen molar-refractivity contribution in [2.45, 2.75) is 57.9 Å². The van der Waals surface area contributed by atoms with Gasteiger partial charge in [-0.2, -0.15) is 0 Å². The minimum Gasteiger partial charge on any atom is -0.372 e. The molecule has 1 saturated heterocycles. The lowest BCUT2D eigenvalue weighted by molar-refractivity contribution is -0.134. The molecule has 1 aliphatic heterocycles. The lowest BCUT2D eigenvalue weighted by Gasteiger charge is -2.21. The quantitative estimate of drug-likeness (QED) is 0.475. The molecule has 33 heavy (non-hydrogen) atoms. The SMILES string of the molecule is CN=C(NCc1ccccc1COCc1ccccc1)NC1CCN(C(=O)C2CCCC2)C1. The Balaban J connectivity index is 1.24. The van der Waals surface area contributed by atoms with Crippen LogP contribution in [0.15, 0.2) is 59.6 Å². The average Bonchev–Trinajstić information content (AvgIpc) is 3.55. The minimum absolute atomic E-state index is 0.242. The van der Waals surface area contributed by atoms with Gasteiger partial charge in [-0.1, -0.05) is 67.4 Å². The van der Waals surface area contributed by atoms with Crippen molar-refractivity contribution in [1.29, 1.82) is 0 Å². The Hall–Kier alpha value is -2.86. The van der Waals surface area contributed by atoms with Gasteiger partial charge in [-0.25, -0.2) is 0 Å². The normalized spacial score (nSPS) is 19.1. The zero-order valence-corrected chi connectivity index (χ0v) is 19.6. The molecule has 0 aromatic heterocycles. The van der Waals surface area contributed by atoms with Gasteiger partial charge in [0.05, 0.1) is 13.2 Å². The van der Waals surface area contributed by atoms with E-state index < -0.39 is 0 Å². The molecular weight excluding hydrogens is 412 g/mol. The smallest absolute Gasteiger partial charge is 0.225 e. The maximum Gasteiger partial charge on any atom is 0.225 e. The Labute approximate surface area is 197 Å². The van der Waals surface area contributed by atoms with Gasteiger partial charge in [0.2, 0.25) is 5.91 Å². The Kier molecular flexibility index (Phi) is 8.36. The van der Waals surface area contributed by atoms with E-state index in [1.807, 2.05) is 29.2 Å². The lowest BCUT2D eigenvalue weighted by Crippen LogP contribution is -2.45. The first-order valence-corrected chi connectivity index (χ1v) is 12.2. The highest BCUT2D eigenvalue weighted by molar-refractivity contribution is 5.81. The van der Waals surface area contributed by atoms with Gasteiger partial charge in [0.25, 0.3) is 0 Å². The fourth-order valence-electron chi connectivity index (χ4n) is 4.80. The van der Waals surface area contributed by atoms with Crippen molar-refractivity contribution in [2.75, 3.05) is 20.1 Å². The summed E-state index contributed by atoms with van der Waals surface area (Å²) in [4.78, 5) is 19.2. The van der Waals surface area contributed by atoms with Crippen molar-refractivity contribution in [3.63, 3.8) is 0 Å². The van der Waals surface area contributed by atoms with Gasteiger partial charge in [0, 0.05) is 38.6 Å². The van der Waals surface area contributed by atoms with Crippen molar-refractivity contribution in [1.82, 2.24) is 15.5 Å². The Morgan fingerprint density at radius 1 is 1.00 bits per heavy atom. The second kappa shape index (κ2) is 11.8. The molecule has 1 heterocycles. The monoisotopic (exact) mass is 448 g/mol. The highest BCUT2D eigenvalue weighted by atomic mass is 16.5. The topological polar surface area (TPSA) is 66.0 Å². The van der Waals surface area contributed by atoms with E-state index in [9.17, 15) is 4.79 Å². The van der Waals surface area contributed by atoms with E-state index in [2.05, 4.69) is 46.0 Å². The molecule has 6 nitrogen and oxygen atoms in total. The van der Waals surface area contributed by atoms with Crippen LogP contribution >= 0.6 is 0 Å². The van der Waals surface area contributed by atoms with E-state index >= 15 is 0 Å². The number of ether oxygens (including phenoxy) is 1. The molecule has 2 N–H and O–H groups in total. The Morgan fingerprint density at radius 2 is 1.73 bits per heavy atom. The van der Waals surface area contributed by atoms with Crippen LogP contribution in [0.2, 0.25) is 0 Å². The van der Waals surface area contributed by atoms with E-state index in [-0.39, 0.29) is 12.0 Å². The first kappa shape index (κ1) is 23.3. The molecule has 1 saturated carbocycles. The fourth-order valence-corrected chi connectivity index (χ4v) is 4.80. The molecule has 6 heteroatoms. The maximum atomic E-state index is 12.7. The van der Waals surface area contributed by atoms with Crippen LogP contribution in [0.25, 0.3) is 0 Å². The molecule has 1 atom stereocenters. The zero-order valence-electron chi connectivity index (χ0n) is 19.6. The number of hydrogen-bond acceptors (Lipinski definition) is 3. The standard InChI is InChI=1S/C27H36N4O2/c1-28-27(30-25-15-16-31(18-25)26(32)22-11-5-6-12-22)29-17-23-13-7-8-14-24(23)20-33-19-21-9-3-2-4-10-21/h2-4,7-10,13-14,22,25H,5-6,11-12,15-20H2,1H3,(H2,28,29,30). The number of guanidine groups is 1. The van der Waals surface area contributed by atoms with Crippen LogP contribution in [0.4, 0.5) is 0 Å².